The average Bonchev–Trinajstić information content (AvgIpc) is 2.83. The highest BCUT2D eigenvalue weighted by molar-refractivity contribution is 5.04. The smallest absolute Gasteiger partial charge is 0.391 e. The maximum absolute atomic E-state index is 12.6. The highest BCUT2D eigenvalue weighted by Gasteiger charge is 2.42. The first-order chi connectivity index (χ1) is 9.65. The third kappa shape index (κ3) is 4.73. The summed E-state index contributed by atoms with van der Waals surface area (Å²) in [5.74, 6) is 0.234. The van der Waals surface area contributed by atoms with E-state index < -0.39 is 12.1 Å². The quantitative estimate of drug-likeness (QED) is 0.899. The molecular formula is C15H23F3N2O. The number of alkyl halides is 3. The summed E-state index contributed by atoms with van der Waals surface area (Å²) in [6.45, 7) is 6.68. The Morgan fingerprint density at radius 3 is 2.33 bits per heavy atom. The van der Waals surface area contributed by atoms with E-state index in [1.807, 2.05) is 0 Å². The molecule has 0 aromatic carbocycles. The normalized spacial score (nSPS) is 24.3. The lowest BCUT2D eigenvalue weighted by atomic mass is 9.81. The van der Waals surface area contributed by atoms with Crippen LogP contribution < -0.4 is 5.32 Å². The minimum atomic E-state index is -4.06. The van der Waals surface area contributed by atoms with Crippen molar-refractivity contribution in [3.05, 3.63) is 17.8 Å². The van der Waals surface area contributed by atoms with E-state index in [9.17, 15) is 13.2 Å². The summed E-state index contributed by atoms with van der Waals surface area (Å²) in [6, 6.07) is 0. The predicted octanol–water partition coefficient (Wildman–Crippen LogP) is 4.40. The molecular weight excluding hydrogens is 281 g/mol. The van der Waals surface area contributed by atoms with Crippen LogP contribution in [0.2, 0.25) is 0 Å². The molecule has 0 aliphatic heterocycles. The highest BCUT2D eigenvalue weighted by atomic mass is 19.4. The van der Waals surface area contributed by atoms with Gasteiger partial charge in [-0.1, -0.05) is 0 Å². The van der Waals surface area contributed by atoms with Crippen molar-refractivity contribution in [3.8, 4) is 0 Å². The van der Waals surface area contributed by atoms with E-state index in [4.69, 9.17) is 4.42 Å². The molecule has 0 spiro atoms. The van der Waals surface area contributed by atoms with Gasteiger partial charge < -0.3 is 9.73 Å². The second-order valence-electron chi connectivity index (χ2n) is 6.85. The lowest BCUT2D eigenvalue weighted by Crippen LogP contribution is -2.35. The highest BCUT2D eigenvalue weighted by Crippen LogP contribution is 2.42. The van der Waals surface area contributed by atoms with Gasteiger partial charge in [-0.3, -0.25) is 0 Å². The van der Waals surface area contributed by atoms with Crippen LogP contribution in [0, 0.1) is 5.92 Å². The van der Waals surface area contributed by atoms with Gasteiger partial charge in [-0.2, -0.15) is 13.2 Å². The van der Waals surface area contributed by atoms with Crippen LogP contribution in [-0.2, 0) is 6.54 Å². The molecule has 1 heterocycles. The number of rotatable bonds is 3. The molecule has 1 aromatic rings. The van der Waals surface area contributed by atoms with Crippen LogP contribution in [0.5, 0.6) is 0 Å². The summed E-state index contributed by atoms with van der Waals surface area (Å²) >= 11 is 0. The molecule has 0 saturated heterocycles. The molecule has 1 saturated carbocycles. The van der Waals surface area contributed by atoms with Crippen molar-refractivity contribution in [2.24, 2.45) is 5.92 Å². The monoisotopic (exact) mass is 304 g/mol. The Labute approximate surface area is 123 Å². The van der Waals surface area contributed by atoms with Crippen LogP contribution in [-0.4, -0.2) is 16.7 Å². The van der Waals surface area contributed by atoms with Crippen LogP contribution >= 0.6 is 0 Å². The van der Waals surface area contributed by atoms with Crippen molar-refractivity contribution in [1.82, 2.24) is 10.3 Å². The topological polar surface area (TPSA) is 38.1 Å². The molecule has 21 heavy (non-hydrogen) atoms. The van der Waals surface area contributed by atoms with Crippen molar-refractivity contribution < 1.29 is 17.6 Å². The molecule has 6 heteroatoms. The molecule has 0 amide bonds. The molecule has 0 radical (unpaired) electrons. The van der Waals surface area contributed by atoms with Gasteiger partial charge in [0.05, 0.1) is 18.7 Å². The van der Waals surface area contributed by atoms with Crippen molar-refractivity contribution in [1.29, 1.82) is 0 Å². The van der Waals surface area contributed by atoms with E-state index in [1.165, 1.54) is 0 Å². The third-order valence-corrected chi connectivity index (χ3v) is 3.93. The molecule has 1 aliphatic carbocycles. The molecule has 120 valence electrons. The molecule has 3 nitrogen and oxygen atoms in total. The predicted molar refractivity (Wildman–Crippen MR) is 73.8 cm³/mol. The Morgan fingerprint density at radius 1 is 1.19 bits per heavy atom. The first-order valence-corrected chi connectivity index (χ1v) is 7.41. The minimum absolute atomic E-state index is 0.0284. The Hall–Kier alpha value is -1.04. The zero-order chi connectivity index (χ0) is 15.7. The summed E-state index contributed by atoms with van der Waals surface area (Å²) in [7, 11) is 0. The number of aromatic nitrogens is 1. The van der Waals surface area contributed by atoms with Crippen LogP contribution in [0.1, 0.15) is 64.0 Å². The fraction of sp³-hybridized carbons (Fsp3) is 0.800. The van der Waals surface area contributed by atoms with Gasteiger partial charge in [-0.05, 0) is 46.5 Å². The van der Waals surface area contributed by atoms with E-state index in [2.05, 4.69) is 31.1 Å². The Balaban J connectivity index is 1.88. The molecule has 0 atom stereocenters. The summed E-state index contributed by atoms with van der Waals surface area (Å²) in [6.07, 6.45) is -0.988. The Bertz CT molecular complexity index is 454. The van der Waals surface area contributed by atoms with E-state index in [0.29, 0.717) is 25.3 Å². The third-order valence-electron chi connectivity index (χ3n) is 3.93. The lowest BCUT2D eigenvalue weighted by Gasteiger charge is -2.28. The minimum Gasteiger partial charge on any atom is -0.444 e. The van der Waals surface area contributed by atoms with Crippen molar-refractivity contribution >= 4 is 0 Å². The largest absolute Gasteiger partial charge is 0.444 e. The summed E-state index contributed by atoms with van der Waals surface area (Å²) < 4.78 is 43.6. The average molecular weight is 304 g/mol. The second-order valence-corrected chi connectivity index (χ2v) is 6.85. The van der Waals surface area contributed by atoms with Gasteiger partial charge in [0.1, 0.15) is 5.76 Å². The molecule has 1 N–H and O–H groups in total. The summed E-state index contributed by atoms with van der Waals surface area (Å²) in [5, 5.41) is 3.28. The number of oxazole rings is 1. The van der Waals surface area contributed by atoms with Crippen molar-refractivity contribution in [3.63, 3.8) is 0 Å². The molecule has 1 fully saturated rings. The first-order valence-electron chi connectivity index (χ1n) is 7.41. The lowest BCUT2D eigenvalue weighted by molar-refractivity contribution is -0.182. The molecule has 1 aliphatic rings. The van der Waals surface area contributed by atoms with Gasteiger partial charge in [0.25, 0.3) is 0 Å². The van der Waals surface area contributed by atoms with Crippen LogP contribution in [0.25, 0.3) is 0 Å². The van der Waals surface area contributed by atoms with E-state index >= 15 is 0 Å². The zero-order valence-corrected chi connectivity index (χ0v) is 12.8. The van der Waals surface area contributed by atoms with E-state index in [0.717, 1.165) is 5.76 Å². The summed E-state index contributed by atoms with van der Waals surface area (Å²) in [4.78, 5) is 4.21. The van der Waals surface area contributed by atoms with Crippen LogP contribution in [0.4, 0.5) is 13.2 Å². The first kappa shape index (κ1) is 16.3. The number of halogens is 3. The molecule has 0 bridgehead atoms. The van der Waals surface area contributed by atoms with Gasteiger partial charge in [-0.15, -0.1) is 0 Å². The van der Waals surface area contributed by atoms with Gasteiger partial charge in [0.2, 0.25) is 5.89 Å². The zero-order valence-electron chi connectivity index (χ0n) is 12.8. The number of nitrogens with zero attached hydrogens (tertiary/aromatic N) is 1. The number of nitrogens with one attached hydrogen (secondary N) is 1. The fourth-order valence-corrected chi connectivity index (χ4v) is 2.64. The van der Waals surface area contributed by atoms with E-state index in [-0.39, 0.29) is 24.3 Å². The van der Waals surface area contributed by atoms with Gasteiger partial charge in [-0.25, -0.2) is 4.98 Å². The second kappa shape index (κ2) is 5.99. The van der Waals surface area contributed by atoms with E-state index in [1.54, 1.807) is 6.20 Å². The Morgan fingerprint density at radius 2 is 1.81 bits per heavy atom. The Kier molecular flexibility index (Phi) is 4.66. The maximum Gasteiger partial charge on any atom is 0.391 e. The van der Waals surface area contributed by atoms with Gasteiger partial charge in [0, 0.05) is 11.5 Å². The molecule has 1 aromatic heterocycles. The summed E-state index contributed by atoms with van der Waals surface area (Å²) in [5.41, 5.74) is -0.0284. The maximum atomic E-state index is 12.6. The molecule has 0 unspecified atom stereocenters. The fourth-order valence-electron chi connectivity index (χ4n) is 2.64. The number of hydrogen-bond donors (Lipinski definition) is 1. The van der Waals surface area contributed by atoms with Crippen molar-refractivity contribution in [2.45, 2.75) is 70.6 Å². The van der Waals surface area contributed by atoms with Crippen molar-refractivity contribution in [2.75, 3.05) is 0 Å². The van der Waals surface area contributed by atoms with Gasteiger partial charge in [0.15, 0.2) is 0 Å². The van der Waals surface area contributed by atoms with Gasteiger partial charge >= 0.3 is 6.18 Å². The molecule has 2 rings (SSSR count). The van der Waals surface area contributed by atoms with Crippen LogP contribution in [0.3, 0.4) is 0 Å². The van der Waals surface area contributed by atoms with Crippen LogP contribution in [0.15, 0.2) is 10.6 Å². The number of hydrogen-bond acceptors (Lipinski definition) is 3. The SMILES string of the molecule is CC(C)(C)NCc1ncc(C2CCC(C(F)(F)F)CC2)o1. The standard InChI is InChI=1S/C15H23F3N2O/c1-14(2,3)20-9-13-19-8-12(21-13)10-4-6-11(7-5-10)15(16,17)18/h8,10-11,20H,4-7,9H2,1-3H3.